The third kappa shape index (κ3) is 6.70. The molecule has 1 saturated carbocycles. The third-order valence-electron chi connectivity index (χ3n) is 6.29. The Labute approximate surface area is 191 Å². The number of ether oxygens (including phenoxy) is 2. The summed E-state index contributed by atoms with van der Waals surface area (Å²) < 4.78 is 34.6. The van der Waals surface area contributed by atoms with Gasteiger partial charge >= 0.3 is 5.97 Å². The van der Waals surface area contributed by atoms with Gasteiger partial charge < -0.3 is 14.4 Å². The van der Waals surface area contributed by atoms with Crippen molar-refractivity contribution >= 4 is 21.7 Å². The zero-order valence-corrected chi connectivity index (χ0v) is 20.2. The smallest absolute Gasteiger partial charge is 0.344 e. The summed E-state index contributed by atoms with van der Waals surface area (Å²) >= 11 is 0. The van der Waals surface area contributed by atoms with Crippen molar-refractivity contribution in [2.45, 2.75) is 76.8 Å². The van der Waals surface area contributed by atoms with E-state index in [0.717, 1.165) is 37.7 Å². The Balaban J connectivity index is 1.53. The number of hydrogen-bond donors (Lipinski definition) is 0. The van der Waals surface area contributed by atoms with Crippen LogP contribution in [0.5, 0.6) is 5.75 Å². The fourth-order valence-corrected chi connectivity index (χ4v) is 6.22. The van der Waals surface area contributed by atoms with E-state index in [0.29, 0.717) is 12.2 Å². The van der Waals surface area contributed by atoms with Gasteiger partial charge in [0.15, 0.2) is 23.1 Å². The van der Waals surface area contributed by atoms with Crippen molar-refractivity contribution < 1.29 is 27.5 Å². The van der Waals surface area contributed by atoms with E-state index < -0.39 is 22.4 Å². The zero-order valence-electron chi connectivity index (χ0n) is 19.3. The minimum atomic E-state index is -3.12. The van der Waals surface area contributed by atoms with Crippen LogP contribution in [0, 0.1) is 0 Å². The van der Waals surface area contributed by atoms with E-state index in [-0.39, 0.29) is 41.5 Å². The first-order valence-corrected chi connectivity index (χ1v) is 13.3. The molecule has 2 fully saturated rings. The van der Waals surface area contributed by atoms with Crippen LogP contribution >= 0.6 is 0 Å². The van der Waals surface area contributed by atoms with Crippen molar-refractivity contribution in [2.24, 2.45) is 0 Å². The maximum absolute atomic E-state index is 13.0. The number of sulfone groups is 1. The second-order valence-electron chi connectivity index (χ2n) is 9.87. The molecule has 0 spiro atoms. The number of amides is 1. The van der Waals surface area contributed by atoms with Crippen molar-refractivity contribution in [3.8, 4) is 5.75 Å². The molecule has 1 unspecified atom stereocenters. The van der Waals surface area contributed by atoms with Crippen LogP contribution in [0.25, 0.3) is 0 Å². The first-order chi connectivity index (χ1) is 15.0. The number of carbonyl (C=O) groups is 2. The van der Waals surface area contributed by atoms with E-state index in [1.807, 2.05) is 24.3 Å². The van der Waals surface area contributed by atoms with Crippen LogP contribution in [-0.2, 0) is 29.6 Å². The largest absolute Gasteiger partial charge is 0.482 e. The van der Waals surface area contributed by atoms with Crippen LogP contribution in [0.1, 0.15) is 64.9 Å². The molecule has 3 rings (SSSR count). The Kier molecular flexibility index (Phi) is 7.85. The molecular weight excluding hydrogens is 430 g/mol. The van der Waals surface area contributed by atoms with Gasteiger partial charge in [-0.05, 0) is 42.4 Å². The van der Waals surface area contributed by atoms with Crippen LogP contribution in [0.3, 0.4) is 0 Å². The molecule has 1 aliphatic carbocycles. The average molecular weight is 466 g/mol. The lowest BCUT2D eigenvalue weighted by atomic mass is 9.87. The summed E-state index contributed by atoms with van der Waals surface area (Å²) in [5, 5.41) is 0. The van der Waals surface area contributed by atoms with Gasteiger partial charge in [-0.1, -0.05) is 52.2 Å². The summed E-state index contributed by atoms with van der Waals surface area (Å²) in [6.07, 6.45) is 5.36. The number of nitrogens with zero attached hydrogens (tertiary/aromatic N) is 1. The highest BCUT2D eigenvalue weighted by molar-refractivity contribution is 7.91. The van der Waals surface area contributed by atoms with Crippen molar-refractivity contribution in [1.82, 2.24) is 4.90 Å². The predicted molar refractivity (Wildman–Crippen MR) is 122 cm³/mol. The predicted octanol–water partition coefficient (Wildman–Crippen LogP) is 3.25. The minimum Gasteiger partial charge on any atom is -0.482 e. The molecule has 0 bridgehead atoms. The maximum atomic E-state index is 13.0. The summed E-state index contributed by atoms with van der Waals surface area (Å²) in [6.45, 7) is 5.68. The Morgan fingerprint density at radius 1 is 0.969 bits per heavy atom. The van der Waals surface area contributed by atoms with Gasteiger partial charge in [0.25, 0.3) is 5.91 Å². The lowest BCUT2D eigenvalue weighted by molar-refractivity contribution is -0.155. The normalized spacial score (nSPS) is 21.2. The van der Waals surface area contributed by atoms with Gasteiger partial charge in [-0.25, -0.2) is 13.2 Å². The van der Waals surface area contributed by atoms with Crippen LogP contribution in [0.2, 0.25) is 0 Å². The molecule has 1 amide bonds. The quantitative estimate of drug-likeness (QED) is 0.574. The topological polar surface area (TPSA) is 90.0 Å². The highest BCUT2D eigenvalue weighted by Crippen LogP contribution is 2.28. The van der Waals surface area contributed by atoms with Crippen LogP contribution in [-0.4, -0.2) is 62.0 Å². The molecule has 1 heterocycles. The van der Waals surface area contributed by atoms with E-state index in [1.54, 1.807) is 4.90 Å². The van der Waals surface area contributed by atoms with Gasteiger partial charge in [0.2, 0.25) is 0 Å². The van der Waals surface area contributed by atoms with Crippen LogP contribution in [0.15, 0.2) is 24.3 Å². The van der Waals surface area contributed by atoms with Crippen LogP contribution < -0.4 is 4.74 Å². The van der Waals surface area contributed by atoms with Gasteiger partial charge in [-0.2, -0.15) is 0 Å². The molecule has 7 nitrogen and oxygen atoms in total. The fourth-order valence-electron chi connectivity index (χ4n) is 4.51. The molecule has 8 heteroatoms. The van der Waals surface area contributed by atoms with Crippen molar-refractivity contribution in [1.29, 1.82) is 0 Å². The average Bonchev–Trinajstić information content (AvgIpc) is 3.10. The van der Waals surface area contributed by atoms with Crippen molar-refractivity contribution in [3.63, 3.8) is 0 Å². The van der Waals surface area contributed by atoms with Crippen molar-refractivity contribution in [2.75, 3.05) is 24.7 Å². The van der Waals surface area contributed by atoms with Crippen LogP contribution in [0.4, 0.5) is 0 Å². The molecule has 0 aromatic heterocycles. The summed E-state index contributed by atoms with van der Waals surface area (Å²) in [4.78, 5) is 26.8. The Morgan fingerprint density at radius 2 is 1.62 bits per heavy atom. The molecule has 0 radical (unpaired) electrons. The number of benzene rings is 1. The minimum absolute atomic E-state index is 0.00312. The highest BCUT2D eigenvalue weighted by atomic mass is 32.2. The van der Waals surface area contributed by atoms with E-state index in [4.69, 9.17) is 9.47 Å². The van der Waals surface area contributed by atoms with Gasteiger partial charge in [0.1, 0.15) is 5.75 Å². The Morgan fingerprint density at radius 3 is 2.19 bits per heavy atom. The molecule has 0 N–H and O–H groups in total. The zero-order chi connectivity index (χ0) is 23.4. The van der Waals surface area contributed by atoms with Crippen molar-refractivity contribution in [3.05, 3.63) is 29.8 Å². The summed E-state index contributed by atoms with van der Waals surface area (Å²) in [5.74, 6) is -0.281. The Bertz CT molecular complexity index is 897. The van der Waals surface area contributed by atoms with Gasteiger partial charge in [0, 0.05) is 12.1 Å². The fraction of sp³-hybridized carbons (Fsp3) is 0.667. The highest BCUT2D eigenvalue weighted by Gasteiger charge is 2.38. The summed E-state index contributed by atoms with van der Waals surface area (Å²) in [6, 6.07) is 7.23. The van der Waals surface area contributed by atoms with E-state index in [2.05, 4.69) is 20.8 Å². The van der Waals surface area contributed by atoms with E-state index in [1.165, 1.54) is 0 Å². The molecule has 1 saturated heterocycles. The molecule has 1 aromatic rings. The summed E-state index contributed by atoms with van der Waals surface area (Å²) in [7, 11) is -3.12. The van der Waals surface area contributed by atoms with Gasteiger partial charge in [0.05, 0.1) is 11.5 Å². The number of carbonyl (C=O) groups excluding carboxylic acids is 2. The third-order valence-corrected chi connectivity index (χ3v) is 8.04. The first kappa shape index (κ1) is 24.6. The molecule has 178 valence electrons. The SMILES string of the molecule is CC(C)(C)c1ccc(OCC(=O)OCC(=O)N(C2CCCCC2)C2CCS(=O)(=O)C2)cc1. The second-order valence-corrected chi connectivity index (χ2v) is 12.1. The maximum Gasteiger partial charge on any atom is 0.344 e. The Hall–Kier alpha value is -2.09. The molecule has 1 atom stereocenters. The second kappa shape index (κ2) is 10.2. The molecule has 2 aliphatic rings. The molecule has 32 heavy (non-hydrogen) atoms. The lowest BCUT2D eigenvalue weighted by Gasteiger charge is -2.38. The summed E-state index contributed by atoms with van der Waals surface area (Å²) in [5.41, 5.74) is 1.19. The molecule has 1 aromatic carbocycles. The molecule has 1 aliphatic heterocycles. The number of hydrogen-bond acceptors (Lipinski definition) is 6. The van der Waals surface area contributed by atoms with Gasteiger partial charge in [-0.15, -0.1) is 0 Å². The first-order valence-electron chi connectivity index (χ1n) is 11.5. The lowest BCUT2D eigenvalue weighted by Crippen LogP contribution is -2.50. The molecular formula is C24H35NO6S. The van der Waals surface area contributed by atoms with E-state index in [9.17, 15) is 18.0 Å². The number of esters is 1. The standard InChI is InChI=1S/C24H35NO6S/c1-24(2,3)18-9-11-21(12-10-18)30-16-23(27)31-15-22(26)25(19-7-5-4-6-8-19)20-13-14-32(28,29)17-20/h9-12,19-20H,4-8,13-17H2,1-3H3. The van der Waals surface area contributed by atoms with E-state index >= 15 is 0 Å². The monoisotopic (exact) mass is 465 g/mol. The van der Waals surface area contributed by atoms with Gasteiger partial charge in [-0.3, -0.25) is 4.79 Å². The number of rotatable bonds is 7.